The van der Waals surface area contributed by atoms with Crippen molar-refractivity contribution >= 4 is 11.9 Å². The molecule has 1 saturated carbocycles. The Bertz CT molecular complexity index is 831. The highest BCUT2D eigenvalue weighted by atomic mass is 16.5. The molecule has 1 aromatic heterocycles. The van der Waals surface area contributed by atoms with E-state index in [2.05, 4.69) is 10.2 Å². The number of ether oxygens (including phenoxy) is 2. The van der Waals surface area contributed by atoms with E-state index in [-0.39, 0.29) is 12.0 Å². The van der Waals surface area contributed by atoms with Crippen LogP contribution >= 0.6 is 0 Å². The number of hydrogen-bond acceptors (Lipinski definition) is 6. The van der Waals surface area contributed by atoms with Crippen molar-refractivity contribution in [3.05, 3.63) is 30.1 Å². The summed E-state index contributed by atoms with van der Waals surface area (Å²) >= 11 is 0. The Balaban J connectivity index is 1.41. The molecule has 0 N–H and O–H groups in total. The van der Waals surface area contributed by atoms with Crippen molar-refractivity contribution in [2.75, 3.05) is 31.1 Å². The number of carbonyl (C=O) groups is 1. The summed E-state index contributed by atoms with van der Waals surface area (Å²) in [6.45, 7) is 6.43. The van der Waals surface area contributed by atoms with E-state index < -0.39 is 0 Å². The minimum Gasteiger partial charge on any atom is -0.494 e. The standard InChI is InChI=1S/C20H27N5O3/c1-4-27-16-7-9-17(10-8-16)28-14(2)19-21-22-20(23(19)3)24-11-12-25(15-5-6-15)18(26)13-24/h7-10,14-15H,4-6,11-13H2,1-3H3. The first-order chi connectivity index (χ1) is 13.6. The van der Waals surface area contributed by atoms with Gasteiger partial charge in [0.1, 0.15) is 11.5 Å². The lowest BCUT2D eigenvalue weighted by Crippen LogP contribution is -2.51. The van der Waals surface area contributed by atoms with Crippen LogP contribution in [-0.2, 0) is 11.8 Å². The van der Waals surface area contributed by atoms with Crippen molar-refractivity contribution in [3.63, 3.8) is 0 Å². The predicted molar refractivity (Wildman–Crippen MR) is 105 cm³/mol. The molecule has 1 aliphatic heterocycles. The molecule has 1 amide bonds. The Hall–Kier alpha value is -2.77. The molecule has 1 saturated heterocycles. The summed E-state index contributed by atoms with van der Waals surface area (Å²) in [4.78, 5) is 16.4. The molecule has 150 valence electrons. The molecule has 2 aromatic rings. The van der Waals surface area contributed by atoms with Crippen LogP contribution in [0.5, 0.6) is 11.5 Å². The van der Waals surface area contributed by atoms with Gasteiger partial charge in [-0.1, -0.05) is 0 Å². The van der Waals surface area contributed by atoms with Gasteiger partial charge in [-0.25, -0.2) is 0 Å². The summed E-state index contributed by atoms with van der Waals surface area (Å²) in [5.41, 5.74) is 0. The number of rotatable bonds is 7. The van der Waals surface area contributed by atoms with Crippen LogP contribution in [0.3, 0.4) is 0 Å². The number of benzene rings is 1. The fraction of sp³-hybridized carbons (Fsp3) is 0.550. The van der Waals surface area contributed by atoms with Gasteiger partial charge in [-0.15, -0.1) is 10.2 Å². The molecule has 28 heavy (non-hydrogen) atoms. The van der Waals surface area contributed by atoms with Crippen molar-refractivity contribution in [3.8, 4) is 11.5 Å². The monoisotopic (exact) mass is 385 g/mol. The zero-order chi connectivity index (χ0) is 19.7. The molecule has 2 aliphatic rings. The summed E-state index contributed by atoms with van der Waals surface area (Å²) in [5.74, 6) is 3.17. The first-order valence-electron chi connectivity index (χ1n) is 9.90. The first-order valence-corrected chi connectivity index (χ1v) is 9.90. The first kappa shape index (κ1) is 18.6. The highest BCUT2D eigenvalue weighted by Gasteiger charge is 2.36. The van der Waals surface area contributed by atoms with Crippen molar-refractivity contribution in [2.24, 2.45) is 7.05 Å². The lowest BCUT2D eigenvalue weighted by molar-refractivity contribution is -0.131. The van der Waals surface area contributed by atoms with E-state index in [9.17, 15) is 4.79 Å². The van der Waals surface area contributed by atoms with Gasteiger partial charge in [-0.05, 0) is 51.0 Å². The van der Waals surface area contributed by atoms with Gasteiger partial charge in [-0.2, -0.15) is 0 Å². The van der Waals surface area contributed by atoms with E-state index in [0.717, 1.165) is 43.3 Å². The normalized spacial score (nSPS) is 18.3. The molecular formula is C20H27N5O3. The van der Waals surface area contributed by atoms with Crippen LogP contribution in [0.2, 0.25) is 0 Å². The van der Waals surface area contributed by atoms with Crippen LogP contribution < -0.4 is 14.4 Å². The molecule has 1 aliphatic carbocycles. The third kappa shape index (κ3) is 3.76. The van der Waals surface area contributed by atoms with Gasteiger partial charge in [-0.3, -0.25) is 9.36 Å². The predicted octanol–water partition coefficient (Wildman–Crippen LogP) is 2.16. The van der Waals surface area contributed by atoms with Crippen LogP contribution in [0.4, 0.5) is 5.95 Å². The quantitative estimate of drug-likeness (QED) is 0.727. The van der Waals surface area contributed by atoms with Gasteiger partial charge in [0.05, 0.1) is 13.2 Å². The van der Waals surface area contributed by atoms with E-state index >= 15 is 0 Å². The second-order valence-electron chi connectivity index (χ2n) is 7.32. The summed E-state index contributed by atoms with van der Waals surface area (Å²) in [6, 6.07) is 8.01. The van der Waals surface area contributed by atoms with Gasteiger partial charge < -0.3 is 19.3 Å². The van der Waals surface area contributed by atoms with Crippen molar-refractivity contribution in [1.82, 2.24) is 19.7 Å². The highest BCUT2D eigenvalue weighted by Crippen LogP contribution is 2.29. The number of aromatic nitrogens is 3. The third-order valence-electron chi connectivity index (χ3n) is 5.22. The molecule has 2 fully saturated rings. The van der Waals surface area contributed by atoms with E-state index in [4.69, 9.17) is 9.47 Å². The fourth-order valence-corrected chi connectivity index (χ4v) is 3.63. The number of anilines is 1. The van der Waals surface area contributed by atoms with Gasteiger partial charge >= 0.3 is 0 Å². The van der Waals surface area contributed by atoms with E-state index in [0.29, 0.717) is 25.1 Å². The Kier molecular flexibility index (Phi) is 5.11. The van der Waals surface area contributed by atoms with E-state index in [1.807, 2.05) is 59.5 Å². The lowest BCUT2D eigenvalue weighted by atomic mass is 10.3. The van der Waals surface area contributed by atoms with Gasteiger partial charge in [0.15, 0.2) is 11.9 Å². The Morgan fingerprint density at radius 3 is 2.50 bits per heavy atom. The van der Waals surface area contributed by atoms with Crippen LogP contribution in [0.15, 0.2) is 24.3 Å². The van der Waals surface area contributed by atoms with Gasteiger partial charge in [0.2, 0.25) is 11.9 Å². The molecule has 0 spiro atoms. The minimum absolute atomic E-state index is 0.178. The van der Waals surface area contributed by atoms with Crippen LogP contribution in [0.25, 0.3) is 0 Å². The molecule has 1 atom stereocenters. The van der Waals surface area contributed by atoms with Gasteiger partial charge in [0, 0.05) is 26.2 Å². The van der Waals surface area contributed by atoms with Crippen molar-refractivity contribution in [1.29, 1.82) is 0 Å². The minimum atomic E-state index is -0.271. The highest BCUT2D eigenvalue weighted by molar-refractivity contribution is 5.82. The number of piperazine rings is 1. The van der Waals surface area contributed by atoms with Crippen molar-refractivity contribution in [2.45, 2.75) is 38.8 Å². The largest absolute Gasteiger partial charge is 0.494 e. The Morgan fingerprint density at radius 2 is 1.86 bits per heavy atom. The van der Waals surface area contributed by atoms with E-state index in [1.165, 1.54) is 0 Å². The average Bonchev–Trinajstić information content (AvgIpc) is 3.45. The maximum atomic E-state index is 12.4. The summed E-state index contributed by atoms with van der Waals surface area (Å²) in [7, 11) is 1.92. The van der Waals surface area contributed by atoms with Crippen LogP contribution in [-0.4, -0.2) is 57.9 Å². The smallest absolute Gasteiger partial charge is 0.242 e. The number of amides is 1. The van der Waals surface area contributed by atoms with E-state index in [1.54, 1.807) is 0 Å². The van der Waals surface area contributed by atoms with Crippen LogP contribution in [0.1, 0.15) is 38.6 Å². The third-order valence-corrected chi connectivity index (χ3v) is 5.22. The summed E-state index contributed by atoms with van der Waals surface area (Å²) in [5, 5.41) is 8.65. The molecule has 2 heterocycles. The second-order valence-corrected chi connectivity index (χ2v) is 7.32. The Morgan fingerprint density at radius 1 is 1.14 bits per heavy atom. The maximum Gasteiger partial charge on any atom is 0.242 e. The average molecular weight is 385 g/mol. The molecule has 1 aromatic carbocycles. The van der Waals surface area contributed by atoms with Gasteiger partial charge in [0.25, 0.3) is 0 Å². The molecule has 8 nitrogen and oxygen atoms in total. The Labute approximate surface area is 165 Å². The molecule has 0 radical (unpaired) electrons. The molecular weight excluding hydrogens is 358 g/mol. The molecule has 1 unspecified atom stereocenters. The zero-order valence-electron chi connectivity index (χ0n) is 16.7. The molecule has 4 rings (SSSR count). The number of carbonyl (C=O) groups excluding carboxylic acids is 1. The number of nitrogens with zero attached hydrogens (tertiary/aromatic N) is 5. The van der Waals surface area contributed by atoms with Crippen LogP contribution in [0, 0.1) is 0 Å². The summed E-state index contributed by atoms with van der Waals surface area (Å²) < 4.78 is 13.4. The topological polar surface area (TPSA) is 72.7 Å². The SMILES string of the molecule is CCOc1ccc(OC(C)c2nnc(N3CCN(C4CC4)C(=O)C3)n2C)cc1. The maximum absolute atomic E-state index is 12.4. The zero-order valence-corrected chi connectivity index (χ0v) is 16.7. The van der Waals surface area contributed by atoms with Crippen molar-refractivity contribution < 1.29 is 14.3 Å². The second kappa shape index (κ2) is 7.69. The summed E-state index contributed by atoms with van der Waals surface area (Å²) in [6.07, 6.45) is 2.01. The molecule has 8 heteroatoms. The fourth-order valence-electron chi connectivity index (χ4n) is 3.63. The molecule has 0 bridgehead atoms. The lowest BCUT2D eigenvalue weighted by Gasteiger charge is -2.34. The number of hydrogen-bond donors (Lipinski definition) is 0.